The van der Waals surface area contributed by atoms with Crippen molar-refractivity contribution >= 4 is 5.91 Å². The zero-order chi connectivity index (χ0) is 15.5. The molecule has 0 aliphatic carbocycles. The van der Waals surface area contributed by atoms with Crippen molar-refractivity contribution in [3.05, 3.63) is 35.9 Å². The van der Waals surface area contributed by atoms with E-state index in [0.29, 0.717) is 12.5 Å². The smallest absolute Gasteiger partial charge is 0.224 e. The molecule has 0 saturated heterocycles. The molecule has 3 N–H and O–H groups in total. The van der Waals surface area contributed by atoms with E-state index in [1.54, 1.807) is 0 Å². The average Bonchev–Trinajstić information content (AvgIpc) is 2.53. The third-order valence-corrected chi connectivity index (χ3v) is 4.09. The minimum atomic E-state index is -0.129. The molecule has 0 aromatic heterocycles. The van der Waals surface area contributed by atoms with Gasteiger partial charge in [-0.2, -0.15) is 0 Å². The Morgan fingerprint density at radius 3 is 2.52 bits per heavy atom. The highest BCUT2D eigenvalue weighted by Crippen LogP contribution is 2.12. The summed E-state index contributed by atoms with van der Waals surface area (Å²) in [5.74, 6) is 0.552. The molecule has 1 rings (SSSR count). The van der Waals surface area contributed by atoms with Gasteiger partial charge in [0.05, 0.1) is 5.92 Å². The Morgan fingerprint density at radius 1 is 1.24 bits per heavy atom. The van der Waals surface area contributed by atoms with E-state index in [9.17, 15) is 4.79 Å². The van der Waals surface area contributed by atoms with Crippen LogP contribution in [-0.2, 0) is 11.2 Å². The van der Waals surface area contributed by atoms with Gasteiger partial charge in [-0.05, 0) is 24.3 Å². The lowest BCUT2D eigenvalue weighted by molar-refractivity contribution is -0.124. The highest BCUT2D eigenvalue weighted by atomic mass is 16.1. The molecular weight excluding hydrogens is 260 g/mol. The molecule has 1 aromatic rings. The molecule has 0 spiro atoms. The monoisotopic (exact) mass is 290 g/mol. The van der Waals surface area contributed by atoms with E-state index in [-0.39, 0.29) is 11.8 Å². The molecule has 3 heteroatoms. The van der Waals surface area contributed by atoms with E-state index in [4.69, 9.17) is 5.73 Å². The van der Waals surface area contributed by atoms with Gasteiger partial charge in [-0.15, -0.1) is 0 Å². The second-order valence-corrected chi connectivity index (χ2v) is 5.78. The number of carbonyl (C=O) groups excluding carboxylic acids is 1. The Kier molecular flexibility index (Phi) is 8.76. The summed E-state index contributed by atoms with van der Waals surface area (Å²) >= 11 is 0. The summed E-state index contributed by atoms with van der Waals surface area (Å²) in [5.41, 5.74) is 6.95. The molecule has 0 saturated carbocycles. The number of unbranched alkanes of at least 4 members (excludes halogenated alkanes) is 1. The normalized spacial score (nSPS) is 13.7. The summed E-state index contributed by atoms with van der Waals surface area (Å²) in [6.45, 7) is 5.57. The van der Waals surface area contributed by atoms with Crippen molar-refractivity contribution in [1.82, 2.24) is 5.32 Å². The molecule has 1 aromatic carbocycles. The predicted molar refractivity (Wildman–Crippen MR) is 89.0 cm³/mol. The van der Waals surface area contributed by atoms with Gasteiger partial charge in [-0.3, -0.25) is 4.79 Å². The van der Waals surface area contributed by atoms with Crippen LogP contribution in [0.1, 0.15) is 45.1 Å². The maximum atomic E-state index is 12.3. The number of carbonyl (C=O) groups is 1. The van der Waals surface area contributed by atoms with Gasteiger partial charge in [0.2, 0.25) is 5.91 Å². The minimum absolute atomic E-state index is 0.0938. The number of rotatable bonds is 10. The van der Waals surface area contributed by atoms with Crippen molar-refractivity contribution in [2.24, 2.45) is 17.6 Å². The first kappa shape index (κ1) is 17.7. The van der Waals surface area contributed by atoms with E-state index in [0.717, 1.165) is 19.4 Å². The van der Waals surface area contributed by atoms with E-state index >= 15 is 0 Å². The van der Waals surface area contributed by atoms with Crippen LogP contribution in [0.25, 0.3) is 0 Å². The maximum Gasteiger partial charge on any atom is 0.224 e. The van der Waals surface area contributed by atoms with Crippen LogP contribution in [0.5, 0.6) is 0 Å². The second kappa shape index (κ2) is 10.4. The molecular formula is C18H30N2O. The van der Waals surface area contributed by atoms with Crippen LogP contribution in [0, 0.1) is 11.8 Å². The van der Waals surface area contributed by atoms with E-state index in [1.807, 2.05) is 30.3 Å². The molecule has 0 aliphatic heterocycles. The van der Waals surface area contributed by atoms with Crippen LogP contribution in [0.15, 0.2) is 30.3 Å². The fraction of sp³-hybridized carbons (Fsp3) is 0.611. The summed E-state index contributed by atoms with van der Waals surface area (Å²) in [6.07, 6.45) is 5.48. The molecule has 2 unspecified atom stereocenters. The summed E-state index contributed by atoms with van der Waals surface area (Å²) < 4.78 is 0. The van der Waals surface area contributed by atoms with Crippen LogP contribution < -0.4 is 11.1 Å². The highest BCUT2D eigenvalue weighted by molar-refractivity contribution is 5.79. The van der Waals surface area contributed by atoms with Crippen molar-refractivity contribution in [1.29, 1.82) is 0 Å². The lowest BCUT2D eigenvalue weighted by Gasteiger charge is -2.19. The van der Waals surface area contributed by atoms with Gasteiger partial charge in [0.25, 0.3) is 0 Å². The number of benzene rings is 1. The molecule has 21 heavy (non-hydrogen) atoms. The molecule has 0 fully saturated rings. The maximum absolute atomic E-state index is 12.3. The van der Waals surface area contributed by atoms with Gasteiger partial charge in [0.1, 0.15) is 0 Å². The van der Waals surface area contributed by atoms with Crippen molar-refractivity contribution in [2.75, 3.05) is 13.1 Å². The Labute approximate surface area is 129 Å². The highest BCUT2D eigenvalue weighted by Gasteiger charge is 2.18. The summed E-state index contributed by atoms with van der Waals surface area (Å²) in [7, 11) is 0. The van der Waals surface area contributed by atoms with Gasteiger partial charge in [-0.1, -0.05) is 63.4 Å². The fourth-order valence-corrected chi connectivity index (χ4v) is 2.51. The molecule has 0 heterocycles. The first-order chi connectivity index (χ1) is 10.2. The van der Waals surface area contributed by atoms with Gasteiger partial charge in [0.15, 0.2) is 0 Å². The minimum Gasteiger partial charge on any atom is -0.356 e. The van der Waals surface area contributed by atoms with E-state index in [2.05, 4.69) is 19.2 Å². The number of nitrogens with two attached hydrogens (primary N) is 1. The SMILES string of the molecule is CCCCC(CC)CNC(=O)C(CN)Cc1ccccc1. The molecule has 2 atom stereocenters. The summed E-state index contributed by atoms with van der Waals surface area (Å²) in [6, 6.07) is 10.1. The van der Waals surface area contributed by atoms with Gasteiger partial charge in [0, 0.05) is 13.1 Å². The summed E-state index contributed by atoms with van der Waals surface area (Å²) in [5, 5.41) is 3.09. The van der Waals surface area contributed by atoms with Crippen molar-refractivity contribution in [3.8, 4) is 0 Å². The van der Waals surface area contributed by atoms with Crippen LogP contribution >= 0.6 is 0 Å². The number of amides is 1. The van der Waals surface area contributed by atoms with Crippen LogP contribution in [0.2, 0.25) is 0 Å². The zero-order valence-electron chi connectivity index (χ0n) is 13.5. The molecule has 0 bridgehead atoms. The van der Waals surface area contributed by atoms with Crippen LogP contribution in [0.4, 0.5) is 0 Å². The van der Waals surface area contributed by atoms with Gasteiger partial charge >= 0.3 is 0 Å². The largest absolute Gasteiger partial charge is 0.356 e. The second-order valence-electron chi connectivity index (χ2n) is 5.78. The number of nitrogens with one attached hydrogen (secondary N) is 1. The lowest BCUT2D eigenvalue weighted by atomic mass is 9.96. The van der Waals surface area contributed by atoms with Crippen molar-refractivity contribution < 1.29 is 4.79 Å². The third kappa shape index (κ3) is 6.76. The average molecular weight is 290 g/mol. The fourth-order valence-electron chi connectivity index (χ4n) is 2.51. The van der Waals surface area contributed by atoms with E-state index in [1.165, 1.54) is 24.8 Å². The molecule has 118 valence electrons. The quantitative estimate of drug-likeness (QED) is 0.695. The number of hydrogen-bond donors (Lipinski definition) is 2. The van der Waals surface area contributed by atoms with Crippen LogP contribution in [0.3, 0.4) is 0 Å². The first-order valence-corrected chi connectivity index (χ1v) is 8.22. The van der Waals surface area contributed by atoms with Gasteiger partial charge in [-0.25, -0.2) is 0 Å². The van der Waals surface area contributed by atoms with Gasteiger partial charge < -0.3 is 11.1 Å². The Balaban J connectivity index is 2.43. The standard InChI is InChI=1S/C18H30N2O/c1-3-5-9-15(4-2)14-20-18(21)17(13-19)12-16-10-7-6-8-11-16/h6-8,10-11,15,17H,3-5,9,12-14,19H2,1-2H3,(H,20,21). The third-order valence-electron chi connectivity index (χ3n) is 4.09. The molecule has 0 aliphatic rings. The van der Waals surface area contributed by atoms with Crippen molar-refractivity contribution in [2.45, 2.75) is 46.0 Å². The first-order valence-electron chi connectivity index (χ1n) is 8.22. The summed E-state index contributed by atoms with van der Waals surface area (Å²) in [4.78, 5) is 12.3. The molecule has 3 nitrogen and oxygen atoms in total. The van der Waals surface area contributed by atoms with E-state index < -0.39 is 0 Å². The topological polar surface area (TPSA) is 55.1 Å². The Morgan fingerprint density at radius 2 is 1.95 bits per heavy atom. The predicted octanol–water partition coefficient (Wildman–Crippen LogP) is 3.14. The van der Waals surface area contributed by atoms with Crippen LogP contribution in [-0.4, -0.2) is 19.0 Å². The Bertz CT molecular complexity index is 391. The Hall–Kier alpha value is -1.35. The lowest BCUT2D eigenvalue weighted by Crippen LogP contribution is -2.38. The number of hydrogen-bond acceptors (Lipinski definition) is 2. The zero-order valence-corrected chi connectivity index (χ0v) is 13.5. The molecule has 0 radical (unpaired) electrons. The van der Waals surface area contributed by atoms with Crippen molar-refractivity contribution in [3.63, 3.8) is 0 Å². The molecule has 1 amide bonds.